The normalized spacial score (nSPS) is 10.0. The van der Waals surface area contributed by atoms with E-state index in [1.54, 1.807) is 0 Å². The highest BCUT2D eigenvalue weighted by Crippen LogP contribution is 2.14. The van der Waals surface area contributed by atoms with Crippen molar-refractivity contribution < 1.29 is 5.11 Å². The van der Waals surface area contributed by atoms with Crippen molar-refractivity contribution in [2.75, 3.05) is 13.2 Å². The van der Waals surface area contributed by atoms with E-state index in [0.29, 0.717) is 0 Å². The lowest BCUT2D eigenvalue weighted by Crippen LogP contribution is -2.14. The second-order valence-corrected chi connectivity index (χ2v) is 4.15. The molecular weight excluding hydrogens is 196 g/mol. The van der Waals surface area contributed by atoms with Gasteiger partial charge in [-0.25, -0.2) is 0 Å². The topological polar surface area (TPSA) is 56.0 Å². The summed E-state index contributed by atoms with van der Waals surface area (Å²) in [6.07, 6.45) is 1.84. The van der Waals surface area contributed by atoms with Gasteiger partial charge in [-0.05, 0) is 31.5 Å². The van der Waals surface area contributed by atoms with Crippen LogP contribution in [0.4, 0.5) is 0 Å². The number of nitriles is 1. The highest BCUT2D eigenvalue weighted by atomic mass is 32.1. The van der Waals surface area contributed by atoms with Crippen LogP contribution in [-0.4, -0.2) is 18.3 Å². The van der Waals surface area contributed by atoms with E-state index < -0.39 is 0 Å². The van der Waals surface area contributed by atoms with Crippen LogP contribution in [0.5, 0.6) is 0 Å². The first-order chi connectivity index (χ1) is 6.86. The van der Waals surface area contributed by atoms with Crippen LogP contribution in [0, 0.1) is 11.3 Å². The first-order valence-electron chi connectivity index (χ1n) is 4.67. The second-order valence-electron chi connectivity index (χ2n) is 2.99. The molecule has 4 heteroatoms. The number of aliphatic hydroxyl groups excluding tert-OH is 1. The van der Waals surface area contributed by atoms with Crippen LogP contribution in [0.3, 0.4) is 0 Å². The van der Waals surface area contributed by atoms with E-state index in [2.05, 4.69) is 11.4 Å². The van der Waals surface area contributed by atoms with Crippen molar-refractivity contribution in [2.45, 2.75) is 19.4 Å². The molecule has 0 saturated heterocycles. The lowest BCUT2D eigenvalue weighted by atomic mass is 10.3. The molecule has 1 aromatic rings. The van der Waals surface area contributed by atoms with Gasteiger partial charge >= 0.3 is 0 Å². The maximum atomic E-state index is 8.60. The lowest BCUT2D eigenvalue weighted by molar-refractivity contribution is 0.283. The molecule has 2 N–H and O–H groups in total. The van der Waals surface area contributed by atoms with Gasteiger partial charge in [-0.1, -0.05) is 0 Å². The van der Waals surface area contributed by atoms with Gasteiger partial charge in [0.1, 0.15) is 10.9 Å². The van der Waals surface area contributed by atoms with Gasteiger partial charge in [0.05, 0.1) is 0 Å². The molecule has 0 fully saturated rings. The number of hydrogen-bond acceptors (Lipinski definition) is 4. The van der Waals surface area contributed by atoms with Gasteiger partial charge in [-0.3, -0.25) is 0 Å². The van der Waals surface area contributed by atoms with Gasteiger partial charge < -0.3 is 10.4 Å². The van der Waals surface area contributed by atoms with Crippen molar-refractivity contribution >= 4 is 11.3 Å². The first-order valence-corrected chi connectivity index (χ1v) is 5.49. The zero-order chi connectivity index (χ0) is 10.2. The molecule has 14 heavy (non-hydrogen) atoms. The number of thiophene rings is 1. The van der Waals surface area contributed by atoms with Gasteiger partial charge in [-0.15, -0.1) is 11.3 Å². The van der Waals surface area contributed by atoms with Crippen LogP contribution in [0.2, 0.25) is 0 Å². The Hall–Kier alpha value is -0.890. The molecule has 0 aromatic carbocycles. The molecule has 0 unspecified atom stereocenters. The van der Waals surface area contributed by atoms with Crippen LogP contribution in [0.15, 0.2) is 12.1 Å². The third kappa shape index (κ3) is 3.88. The second kappa shape index (κ2) is 6.55. The average Bonchev–Trinajstić information content (AvgIpc) is 2.65. The standard InChI is InChI=1S/C10H14N2OS/c11-7-9-3-4-10(14-9)8-12-5-1-2-6-13/h3-4,12-13H,1-2,5-6,8H2. The van der Waals surface area contributed by atoms with Gasteiger partial charge in [0.15, 0.2) is 0 Å². The Morgan fingerprint density at radius 3 is 2.93 bits per heavy atom. The Kier molecular flexibility index (Phi) is 5.23. The Morgan fingerprint density at radius 1 is 1.43 bits per heavy atom. The SMILES string of the molecule is N#Cc1ccc(CNCCCCO)s1. The molecule has 0 radical (unpaired) electrons. The summed E-state index contributed by atoms with van der Waals surface area (Å²) in [5.74, 6) is 0. The molecule has 1 heterocycles. The van der Waals surface area contributed by atoms with Gasteiger partial charge in [0, 0.05) is 18.0 Å². The fourth-order valence-corrected chi connectivity index (χ4v) is 1.88. The summed E-state index contributed by atoms with van der Waals surface area (Å²) in [4.78, 5) is 1.95. The maximum Gasteiger partial charge on any atom is 0.110 e. The molecule has 0 bridgehead atoms. The van der Waals surface area contributed by atoms with Crippen LogP contribution in [0.25, 0.3) is 0 Å². The van der Waals surface area contributed by atoms with E-state index in [1.165, 1.54) is 16.2 Å². The molecule has 0 atom stereocenters. The fourth-order valence-electron chi connectivity index (χ4n) is 1.11. The summed E-state index contributed by atoms with van der Waals surface area (Å²) in [6.45, 7) is 2.00. The molecule has 0 aliphatic heterocycles. The summed E-state index contributed by atoms with van der Waals surface area (Å²) >= 11 is 1.52. The van der Waals surface area contributed by atoms with Crippen LogP contribution in [-0.2, 0) is 6.54 Å². The molecule has 0 saturated carbocycles. The molecule has 0 aliphatic carbocycles. The first kappa shape index (κ1) is 11.2. The quantitative estimate of drug-likeness (QED) is 0.699. The minimum Gasteiger partial charge on any atom is -0.396 e. The zero-order valence-corrected chi connectivity index (χ0v) is 8.81. The molecule has 0 aliphatic rings. The van der Waals surface area contributed by atoms with Gasteiger partial charge in [0.2, 0.25) is 0 Å². The van der Waals surface area contributed by atoms with Gasteiger partial charge in [-0.2, -0.15) is 5.26 Å². The van der Waals surface area contributed by atoms with Crippen LogP contribution < -0.4 is 5.32 Å². The minimum absolute atomic E-state index is 0.263. The molecular formula is C10H14N2OS. The number of unbranched alkanes of at least 4 members (excludes halogenated alkanes) is 1. The minimum atomic E-state index is 0.263. The Morgan fingerprint density at radius 2 is 2.29 bits per heavy atom. The third-order valence-electron chi connectivity index (χ3n) is 1.83. The van der Waals surface area contributed by atoms with Crippen LogP contribution in [0.1, 0.15) is 22.6 Å². The number of nitrogens with one attached hydrogen (secondary N) is 1. The van der Waals surface area contributed by atoms with E-state index in [1.807, 2.05) is 12.1 Å². The summed E-state index contributed by atoms with van der Waals surface area (Å²) in [6, 6.07) is 5.93. The molecule has 1 rings (SSSR count). The molecule has 1 aromatic heterocycles. The Labute approximate surface area is 88.0 Å². The largest absolute Gasteiger partial charge is 0.396 e. The average molecular weight is 210 g/mol. The number of hydrogen-bond donors (Lipinski definition) is 2. The summed E-state index contributed by atoms with van der Waals surface area (Å²) in [7, 11) is 0. The number of aliphatic hydroxyl groups is 1. The molecule has 0 spiro atoms. The van der Waals surface area contributed by atoms with Gasteiger partial charge in [0.25, 0.3) is 0 Å². The Bertz CT molecular complexity index is 303. The van der Waals surface area contributed by atoms with Crippen molar-refractivity contribution in [2.24, 2.45) is 0 Å². The predicted molar refractivity (Wildman–Crippen MR) is 57.1 cm³/mol. The van der Waals surface area contributed by atoms with Crippen molar-refractivity contribution in [1.82, 2.24) is 5.32 Å². The van der Waals surface area contributed by atoms with Crippen molar-refractivity contribution in [1.29, 1.82) is 5.26 Å². The molecule has 0 amide bonds. The highest BCUT2D eigenvalue weighted by molar-refractivity contribution is 7.12. The number of nitrogens with zero attached hydrogens (tertiary/aromatic N) is 1. The summed E-state index contributed by atoms with van der Waals surface area (Å²) < 4.78 is 0. The van der Waals surface area contributed by atoms with Crippen molar-refractivity contribution in [3.8, 4) is 6.07 Å². The molecule has 3 nitrogen and oxygen atoms in total. The van der Waals surface area contributed by atoms with Crippen molar-refractivity contribution in [3.63, 3.8) is 0 Å². The Balaban J connectivity index is 2.16. The molecule has 76 valence electrons. The highest BCUT2D eigenvalue weighted by Gasteiger charge is 1.97. The van der Waals surface area contributed by atoms with E-state index in [0.717, 1.165) is 30.8 Å². The van der Waals surface area contributed by atoms with E-state index in [-0.39, 0.29) is 6.61 Å². The summed E-state index contributed by atoms with van der Waals surface area (Å²) in [5.41, 5.74) is 0. The van der Waals surface area contributed by atoms with E-state index in [4.69, 9.17) is 10.4 Å². The maximum absolute atomic E-state index is 8.60. The summed E-state index contributed by atoms with van der Waals surface area (Å²) in [5, 5.41) is 20.4. The predicted octanol–water partition coefficient (Wildman–Crippen LogP) is 1.48. The zero-order valence-electron chi connectivity index (χ0n) is 7.99. The fraction of sp³-hybridized carbons (Fsp3) is 0.500. The number of rotatable bonds is 6. The van der Waals surface area contributed by atoms with E-state index in [9.17, 15) is 0 Å². The monoisotopic (exact) mass is 210 g/mol. The smallest absolute Gasteiger partial charge is 0.110 e. The van der Waals surface area contributed by atoms with E-state index >= 15 is 0 Å². The van der Waals surface area contributed by atoms with Crippen LogP contribution >= 0.6 is 11.3 Å². The third-order valence-corrected chi connectivity index (χ3v) is 2.82. The lowest BCUT2D eigenvalue weighted by Gasteiger charge is -2.00. The van der Waals surface area contributed by atoms with Crippen molar-refractivity contribution in [3.05, 3.63) is 21.9 Å².